The van der Waals surface area contributed by atoms with Crippen molar-refractivity contribution in [2.75, 3.05) is 0 Å². The van der Waals surface area contributed by atoms with Crippen LogP contribution in [0, 0.1) is 0 Å². The normalized spacial score (nSPS) is 10.5. The molecule has 26 heavy (non-hydrogen) atoms. The molecule has 0 saturated heterocycles. The van der Waals surface area contributed by atoms with E-state index in [0.717, 1.165) is 5.56 Å². The molecule has 0 aliphatic rings. The van der Waals surface area contributed by atoms with Crippen LogP contribution in [0.4, 0.5) is 0 Å². The summed E-state index contributed by atoms with van der Waals surface area (Å²) >= 11 is 0. The van der Waals surface area contributed by atoms with E-state index in [9.17, 15) is 9.59 Å². The number of aromatic nitrogens is 1. The van der Waals surface area contributed by atoms with E-state index in [2.05, 4.69) is 15.5 Å². The predicted octanol–water partition coefficient (Wildman–Crippen LogP) is 3.06. The number of carbonyl (C=O) groups excluding carboxylic acids is 2. The van der Waals surface area contributed by atoms with Crippen molar-refractivity contribution in [2.24, 2.45) is 5.10 Å². The van der Waals surface area contributed by atoms with Crippen LogP contribution in [0.1, 0.15) is 26.3 Å². The quantitative estimate of drug-likeness (QED) is 0.333. The Morgan fingerprint density at radius 1 is 0.885 bits per heavy atom. The van der Waals surface area contributed by atoms with Gasteiger partial charge >= 0.3 is 5.97 Å². The molecule has 1 amide bonds. The van der Waals surface area contributed by atoms with E-state index in [-0.39, 0.29) is 5.91 Å². The lowest BCUT2D eigenvalue weighted by molar-refractivity contribution is 0.0734. The maximum Gasteiger partial charge on any atom is 0.343 e. The van der Waals surface area contributed by atoms with Crippen molar-refractivity contribution in [3.05, 3.63) is 95.8 Å². The fourth-order valence-electron chi connectivity index (χ4n) is 2.10. The number of esters is 1. The second kappa shape index (κ2) is 8.34. The molecule has 2 aromatic carbocycles. The summed E-state index contributed by atoms with van der Waals surface area (Å²) in [5.41, 5.74) is 4.14. The van der Waals surface area contributed by atoms with Gasteiger partial charge in [0.05, 0.1) is 11.8 Å². The molecule has 128 valence electrons. The number of hydrogen-bond acceptors (Lipinski definition) is 5. The Kier molecular flexibility index (Phi) is 5.47. The molecule has 6 nitrogen and oxygen atoms in total. The molecule has 3 aromatic rings. The number of carbonyl (C=O) groups is 2. The van der Waals surface area contributed by atoms with Crippen LogP contribution >= 0.6 is 0 Å². The van der Waals surface area contributed by atoms with Crippen LogP contribution in [0.15, 0.2) is 84.2 Å². The standard InChI is InChI=1S/C20H15N3O3/c24-19(16-10-12-21-13-11-16)23-22-14-15-6-8-18(9-7-15)26-20(25)17-4-2-1-3-5-17/h1-14H,(H,23,24)/b22-14-. The highest BCUT2D eigenvalue weighted by Gasteiger charge is 2.07. The van der Waals surface area contributed by atoms with Crippen molar-refractivity contribution in [2.45, 2.75) is 0 Å². The van der Waals surface area contributed by atoms with Crippen molar-refractivity contribution in [3.63, 3.8) is 0 Å². The number of rotatable bonds is 5. The Hall–Kier alpha value is -3.80. The topological polar surface area (TPSA) is 80.6 Å². The SMILES string of the molecule is O=C(N/N=C\c1ccc(OC(=O)c2ccccc2)cc1)c1ccncc1. The molecule has 0 aliphatic carbocycles. The fourth-order valence-corrected chi connectivity index (χ4v) is 2.10. The van der Waals surface area contributed by atoms with Gasteiger partial charge in [0.25, 0.3) is 5.91 Å². The Labute approximate surface area is 150 Å². The molecule has 1 heterocycles. The van der Waals surface area contributed by atoms with Gasteiger partial charge in [-0.2, -0.15) is 5.10 Å². The van der Waals surface area contributed by atoms with E-state index in [4.69, 9.17) is 4.74 Å². The van der Waals surface area contributed by atoms with Gasteiger partial charge in [-0.3, -0.25) is 9.78 Å². The largest absolute Gasteiger partial charge is 0.423 e. The average Bonchev–Trinajstić information content (AvgIpc) is 2.70. The van der Waals surface area contributed by atoms with Gasteiger partial charge < -0.3 is 4.74 Å². The van der Waals surface area contributed by atoms with Crippen LogP contribution in [0.25, 0.3) is 0 Å². The van der Waals surface area contributed by atoms with Crippen molar-refractivity contribution in [1.82, 2.24) is 10.4 Å². The van der Waals surface area contributed by atoms with Crippen LogP contribution in [0.2, 0.25) is 0 Å². The van der Waals surface area contributed by atoms with E-state index >= 15 is 0 Å². The lowest BCUT2D eigenvalue weighted by Gasteiger charge is -2.04. The molecular weight excluding hydrogens is 330 g/mol. The number of benzene rings is 2. The maximum absolute atomic E-state index is 12.0. The average molecular weight is 345 g/mol. The Morgan fingerprint density at radius 2 is 1.58 bits per heavy atom. The summed E-state index contributed by atoms with van der Waals surface area (Å²) in [5, 5.41) is 3.90. The fraction of sp³-hybridized carbons (Fsp3) is 0. The van der Waals surface area contributed by atoms with Gasteiger partial charge in [0, 0.05) is 18.0 Å². The first-order valence-electron chi connectivity index (χ1n) is 7.83. The van der Waals surface area contributed by atoms with Crippen LogP contribution < -0.4 is 10.2 Å². The van der Waals surface area contributed by atoms with Gasteiger partial charge in [-0.05, 0) is 54.1 Å². The van der Waals surface area contributed by atoms with Crippen LogP contribution in [-0.2, 0) is 0 Å². The molecule has 0 saturated carbocycles. The highest BCUT2D eigenvalue weighted by Crippen LogP contribution is 2.13. The van der Waals surface area contributed by atoms with Crippen molar-refractivity contribution >= 4 is 18.1 Å². The number of nitrogens with zero attached hydrogens (tertiary/aromatic N) is 2. The molecular formula is C20H15N3O3. The first kappa shape index (κ1) is 17.0. The molecule has 0 aliphatic heterocycles. The summed E-state index contributed by atoms with van der Waals surface area (Å²) in [4.78, 5) is 27.7. The number of amides is 1. The van der Waals surface area contributed by atoms with Gasteiger partial charge in [0.2, 0.25) is 0 Å². The Morgan fingerprint density at radius 3 is 2.27 bits per heavy atom. The molecule has 0 fully saturated rings. The van der Waals surface area contributed by atoms with Crippen LogP contribution in [0.5, 0.6) is 5.75 Å². The van der Waals surface area contributed by atoms with Crippen molar-refractivity contribution < 1.29 is 14.3 Å². The molecule has 0 atom stereocenters. The van der Waals surface area contributed by atoms with E-state index in [1.165, 1.54) is 18.6 Å². The van der Waals surface area contributed by atoms with E-state index in [0.29, 0.717) is 16.9 Å². The number of hydrogen-bond donors (Lipinski definition) is 1. The first-order valence-corrected chi connectivity index (χ1v) is 7.83. The summed E-state index contributed by atoms with van der Waals surface area (Å²) in [5.74, 6) is -0.314. The van der Waals surface area contributed by atoms with E-state index in [1.807, 2.05) is 6.07 Å². The monoisotopic (exact) mass is 345 g/mol. The Balaban J connectivity index is 1.56. The molecule has 0 bridgehead atoms. The molecule has 1 aromatic heterocycles. The van der Waals surface area contributed by atoms with Gasteiger partial charge in [-0.1, -0.05) is 18.2 Å². The van der Waals surface area contributed by atoms with Gasteiger partial charge in [0.15, 0.2) is 0 Å². The minimum Gasteiger partial charge on any atom is -0.423 e. The van der Waals surface area contributed by atoms with Crippen LogP contribution in [-0.4, -0.2) is 23.1 Å². The summed E-state index contributed by atoms with van der Waals surface area (Å²) in [7, 11) is 0. The summed E-state index contributed by atoms with van der Waals surface area (Å²) in [6.07, 6.45) is 4.57. The highest BCUT2D eigenvalue weighted by molar-refractivity contribution is 5.94. The molecule has 6 heteroatoms. The zero-order valence-corrected chi connectivity index (χ0v) is 13.7. The number of hydrazone groups is 1. The highest BCUT2D eigenvalue weighted by atomic mass is 16.5. The zero-order chi connectivity index (χ0) is 18.2. The number of pyridine rings is 1. The second-order valence-corrected chi connectivity index (χ2v) is 5.26. The number of ether oxygens (including phenoxy) is 1. The molecule has 3 rings (SSSR count). The summed E-state index contributed by atoms with van der Waals surface area (Å²) in [6.45, 7) is 0. The van der Waals surface area contributed by atoms with Crippen LogP contribution in [0.3, 0.4) is 0 Å². The third-order valence-electron chi connectivity index (χ3n) is 3.42. The summed E-state index contributed by atoms with van der Waals surface area (Å²) < 4.78 is 5.30. The minimum atomic E-state index is -0.420. The van der Waals surface area contributed by atoms with Gasteiger partial charge in [0.1, 0.15) is 5.75 Å². The molecule has 0 radical (unpaired) electrons. The van der Waals surface area contributed by atoms with Gasteiger partial charge in [-0.25, -0.2) is 10.2 Å². The first-order chi connectivity index (χ1) is 12.7. The van der Waals surface area contributed by atoms with Crippen molar-refractivity contribution in [1.29, 1.82) is 0 Å². The third kappa shape index (κ3) is 4.61. The molecule has 0 spiro atoms. The second-order valence-electron chi connectivity index (χ2n) is 5.26. The smallest absolute Gasteiger partial charge is 0.343 e. The Bertz CT molecular complexity index is 908. The minimum absolute atomic E-state index is 0.322. The predicted molar refractivity (Wildman–Crippen MR) is 97.1 cm³/mol. The third-order valence-corrected chi connectivity index (χ3v) is 3.42. The maximum atomic E-state index is 12.0. The molecule has 1 N–H and O–H groups in total. The van der Waals surface area contributed by atoms with E-state index in [1.54, 1.807) is 60.7 Å². The van der Waals surface area contributed by atoms with Gasteiger partial charge in [-0.15, -0.1) is 0 Å². The molecule has 0 unspecified atom stereocenters. The lowest BCUT2D eigenvalue weighted by atomic mass is 10.2. The van der Waals surface area contributed by atoms with Crippen molar-refractivity contribution in [3.8, 4) is 5.75 Å². The van der Waals surface area contributed by atoms with E-state index < -0.39 is 5.97 Å². The summed E-state index contributed by atoms with van der Waals surface area (Å²) in [6, 6.07) is 18.7. The number of nitrogens with one attached hydrogen (secondary N) is 1. The lowest BCUT2D eigenvalue weighted by Crippen LogP contribution is -2.17. The zero-order valence-electron chi connectivity index (χ0n) is 13.7.